The number of nitrogens with zero attached hydrogens (tertiary/aromatic N) is 5. The summed E-state index contributed by atoms with van der Waals surface area (Å²) in [7, 11) is 3.22. The minimum absolute atomic E-state index is 0.0568. The number of allylic oxidation sites excluding steroid dienone is 2. The molecule has 43 heavy (non-hydrogen) atoms. The van der Waals surface area contributed by atoms with Crippen molar-refractivity contribution in [3.63, 3.8) is 0 Å². The van der Waals surface area contributed by atoms with Crippen LogP contribution in [-0.2, 0) is 6.54 Å². The van der Waals surface area contributed by atoms with Crippen LogP contribution in [0.25, 0.3) is 63.5 Å². The number of methoxy groups -OCH3 is 2. The zero-order valence-electron chi connectivity index (χ0n) is 23.6. The van der Waals surface area contributed by atoms with Gasteiger partial charge >= 0.3 is 0 Å². The molecule has 0 spiro atoms. The summed E-state index contributed by atoms with van der Waals surface area (Å²) in [6, 6.07) is 16.0. The van der Waals surface area contributed by atoms with Crippen LogP contribution in [0.5, 0.6) is 11.5 Å². The summed E-state index contributed by atoms with van der Waals surface area (Å²) in [5, 5.41) is 19.9. The first-order valence-electron chi connectivity index (χ1n) is 13.4. The number of thiophene rings is 2. The summed E-state index contributed by atoms with van der Waals surface area (Å²) in [4.78, 5) is 9.05. The van der Waals surface area contributed by atoms with Crippen molar-refractivity contribution in [1.82, 2.24) is 4.57 Å². The van der Waals surface area contributed by atoms with Gasteiger partial charge in [0.15, 0.2) is 0 Å². The van der Waals surface area contributed by atoms with Crippen LogP contribution < -0.4 is 9.47 Å². The van der Waals surface area contributed by atoms with E-state index in [-0.39, 0.29) is 11.4 Å². The number of nitriles is 2. The van der Waals surface area contributed by atoms with E-state index in [1.165, 1.54) is 0 Å². The van der Waals surface area contributed by atoms with E-state index in [2.05, 4.69) is 40.2 Å². The molecule has 9 heteroatoms. The molecule has 0 fully saturated rings. The van der Waals surface area contributed by atoms with Gasteiger partial charge < -0.3 is 14.0 Å². The molecule has 0 aliphatic heterocycles. The predicted molar refractivity (Wildman–Crippen MR) is 170 cm³/mol. The molecule has 0 bridgehead atoms. The Morgan fingerprint density at radius 2 is 1.23 bits per heavy atom. The molecule has 0 N–H and O–H groups in total. The molecule has 2 aromatic carbocycles. The van der Waals surface area contributed by atoms with Gasteiger partial charge in [-0.15, -0.1) is 22.7 Å². The van der Waals surface area contributed by atoms with Crippen LogP contribution in [0.1, 0.15) is 34.7 Å². The minimum Gasteiger partial charge on any atom is -0.497 e. The molecular formula is C34H21N5O2S2. The number of aromatic nitrogens is 1. The summed E-state index contributed by atoms with van der Waals surface area (Å²) in [5.41, 5.74) is 9.26. The molecule has 0 unspecified atom stereocenters. The zero-order valence-corrected chi connectivity index (χ0v) is 25.3. The molecule has 2 aliphatic rings. The summed E-state index contributed by atoms with van der Waals surface area (Å²) < 4.78 is 15.6. The molecule has 2 aliphatic carbocycles. The zero-order chi connectivity index (χ0) is 30.2. The highest BCUT2D eigenvalue weighted by atomic mass is 32.1. The Morgan fingerprint density at radius 3 is 1.58 bits per heavy atom. The number of hydrogen-bond acceptors (Lipinski definition) is 6. The molecule has 7 nitrogen and oxygen atoms in total. The van der Waals surface area contributed by atoms with Crippen molar-refractivity contribution < 1.29 is 9.47 Å². The van der Waals surface area contributed by atoms with E-state index in [1.54, 1.807) is 36.9 Å². The number of hydrogen-bond donors (Lipinski definition) is 0. The summed E-state index contributed by atoms with van der Waals surface area (Å²) in [5.74, 6) is 1.65. The number of ether oxygens (including phenoxy) is 2. The third-order valence-electron chi connectivity index (χ3n) is 7.95. The van der Waals surface area contributed by atoms with Crippen molar-refractivity contribution in [2.45, 2.75) is 20.4 Å². The second kappa shape index (κ2) is 9.62. The van der Waals surface area contributed by atoms with Crippen LogP contribution in [0.4, 0.5) is 0 Å². The van der Waals surface area contributed by atoms with Crippen LogP contribution in [-0.4, -0.2) is 18.8 Å². The van der Waals surface area contributed by atoms with Crippen molar-refractivity contribution in [2.24, 2.45) is 5.92 Å². The SMILES string of the molecule is [C-]#[N+]/C(C#N)=C1/c2cc(OC)ccc2-c2c1sc1c3sc4c(c3n(CC(C)C)c21)-c1ccc(OC)cc1/C4=C(/C#N)[N+]#[C-]. The number of rotatable bonds is 4. The lowest BCUT2D eigenvalue weighted by Crippen LogP contribution is -2.04. The molecule has 0 amide bonds. The van der Waals surface area contributed by atoms with Crippen LogP contribution in [0, 0.1) is 41.7 Å². The van der Waals surface area contributed by atoms with Gasteiger partial charge in [-0.05, 0) is 64.6 Å². The Morgan fingerprint density at radius 1 is 0.791 bits per heavy atom. The topological polar surface area (TPSA) is 79.7 Å². The van der Waals surface area contributed by atoms with Gasteiger partial charge in [-0.25, -0.2) is 20.2 Å². The number of fused-ring (bicyclic) bond motifs is 11. The third kappa shape index (κ3) is 3.47. The van der Waals surface area contributed by atoms with E-state index in [9.17, 15) is 10.5 Å². The van der Waals surface area contributed by atoms with E-state index >= 15 is 0 Å². The van der Waals surface area contributed by atoms with E-state index in [0.717, 1.165) is 70.1 Å². The fourth-order valence-electron chi connectivity index (χ4n) is 6.32. The van der Waals surface area contributed by atoms with Crippen LogP contribution in [0.3, 0.4) is 0 Å². The minimum atomic E-state index is 0.0568. The van der Waals surface area contributed by atoms with E-state index in [0.29, 0.717) is 28.6 Å². The van der Waals surface area contributed by atoms with Gasteiger partial charge in [-0.3, -0.25) is 0 Å². The first-order valence-corrected chi connectivity index (χ1v) is 15.1. The highest BCUT2D eigenvalue weighted by Crippen LogP contribution is 2.61. The van der Waals surface area contributed by atoms with Crippen LogP contribution >= 0.6 is 22.7 Å². The molecule has 5 aromatic rings. The molecule has 206 valence electrons. The first kappa shape index (κ1) is 26.6. The fourth-order valence-corrected chi connectivity index (χ4v) is 9.21. The summed E-state index contributed by atoms with van der Waals surface area (Å²) in [6.07, 6.45) is 0. The molecule has 0 atom stereocenters. The molecular weight excluding hydrogens is 575 g/mol. The van der Waals surface area contributed by atoms with Crippen molar-refractivity contribution in [3.05, 3.63) is 91.5 Å². The third-order valence-corrected chi connectivity index (χ3v) is 10.5. The molecule has 3 aromatic heterocycles. The molecule has 3 heterocycles. The van der Waals surface area contributed by atoms with Crippen molar-refractivity contribution in [3.8, 4) is 45.9 Å². The molecule has 0 saturated heterocycles. The van der Waals surface area contributed by atoms with Gasteiger partial charge in [0, 0.05) is 38.6 Å². The normalized spacial score (nSPS) is 14.8. The molecule has 7 rings (SSSR count). The van der Waals surface area contributed by atoms with Crippen LogP contribution in [0.15, 0.2) is 47.8 Å². The monoisotopic (exact) mass is 595 g/mol. The largest absolute Gasteiger partial charge is 0.497 e. The standard InChI is InChI=1S/C34H21N5O2S2/c1-16(2)15-39-29-27-19-9-7-17(40-5)11-21(19)25(23(13-35)37-3)31(27)42-33(29)34-30(39)28-20-10-8-18(41-6)12-22(20)26(32(28)43-34)24(14-36)38-4/h7-12,16H,15H2,1-2,5-6H3/b25-23-,26-24+. The second-order valence-corrected chi connectivity index (χ2v) is 12.7. The van der Waals surface area contributed by atoms with Gasteiger partial charge in [0.05, 0.1) is 59.9 Å². The average Bonchev–Trinajstić information content (AvgIpc) is 3.78. The van der Waals surface area contributed by atoms with Gasteiger partial charge in [-0.1, -0.05) is 13.8 Å². The average molecular weight is 596 g/mol. The predicted octanol–water partition coefficient (Wildman–Crippen LogP) is 8.96. The van der Waals surface area contributed by atoms with Crippen LogP contribution in [0.2, 0.25) is 0 Å². The highest BCUT2D eigenvalue weighted by molar-refractivity contribution is 7.29. The Balaban J connectivity index is 1.66. The maximum Gasteiger partial charge on any atom is 0.271 e. The molecule has 0 saturated carbocycles. The highest BCUT2D eigenvalue weighted by Gasteiger charge is 2.38. The first-order chi connectivity index (χ1) is 20.9. The molecule has 0 radical (unpaired) electrons. The van der Waals surface area contributed by atoms with Gasteiger partial charge in [0.1, 0.15) is 11.5 Å². The second-order valence-electron chi connectivity index (χ2n) is 10.7. The fraction of sp³-hybridized carbons (Fsp3) is 0.176. The van der Waals surface area contributed by atoms with Crippen molar-refractivity contribution >= 4 is 54.3 Å². The van der Waals surface area contributed by atoms with E-state index < -0.39 is 0 Å². The Bertz CT molecular complexity index is 2130. The van der Waals surface area contributed by atoms with Gasteiger partial charge in [0.25, 0.3) is 11.4 Å². The maximum atomic E-state index is 9.96. The lowest BCUT2D eigenvalue weighted by molar-refractivity contribution is 0.414. The van der Waals surface area contributed by atoms with E-state index in [1.807, 2.05) is 36.4 Å². The van der Waals surface area contributed by atoms with Gasteiger partial charge in [-0.2, -0.15) is 0 Å². The van der Waals surface area contributed by atoms with Crippen molar-refractivity contribution in [2.75, 3.05) is 14.2 Å². The summed E-state index contributed by atoms with van der Waals surface area (Å²) >= 11 is 3.20. The Kier molecular flexibility index (Phi) is 5.94. The summed E-state index contributed by atoms with van der Waals surface area (Å²) in [6.45, 7) is 20.7. The van der Waals surface area contributed by atoms with E-state index in [4.69, 9.17) is 22.6 Å². The lowest BCUT2D eigenvalue weighted by atomic mass is 10.0. The number of benzene rings is 2. The quantitative estimate of drug-likeness (QED) is 0.150. The lowest BCUT2D eigenvalue weighted by Gasteiger charge is -2.13. The smallest absolute Gasteiger partial charge is 0.271 e. The van der Waals surface area contributed by atoms with Gasteiger partial charge in [0.2, 0.25) is 0 Å². The maximum absolute atomic E-state index is 9.96. The van der Waals surface area contributed by atoms with Crippen molar-refractivity contribution in [1.29, 1.82) is 10.5 Å². The Labute approximate surface area is 256 Å². The Hall–Kier alpha value is -5.32.